The van der Waals surface area contributed by atoms with E-state index in [4.69, 9.17) is 24.7 Å². The van der Waals surface area contributed by atoms with E-state index in [1.807, 2.05) is 18.2 Å². The summed E-state index contributed by atoms with van der Waals surface area (Å²) >= 11 is 0. The summed E-state index contributed by atoms with van der Waals surface area (Å²) in [6, 6.07) is 17.6. The van der Waals surface area contributed by atoms with Gasteiger partial charge in [0.2, 0.25) is 5.88 Å². The summed E-state index contributed by atoms with van der Waals surface area (Å²) in [7, 11) is 0. The van der Waals surface area contributed by atoms with Crippen LogP contribution in [0.3, 0.4) is 0 Å². The molecule has 1 N–H and O–H groups in total. The predicted octanol–water partition coefficient (Wildman–Crippen LogP) is 4.89. The zero-order valence-electron chi connectivity index (χ0n) is 22.9. The molecule has 9 nitrogen and oxygen atoms in total. The van der Waals surface area contributed by atoms with Gasteiger partial charge in [0, 0.05) is 42.4 Å². The van der Waals surface area contributed by atoms with Gasteiger partial charge < -0.3 is 19.1 Å². The summed E-state index contributed by atoms with van der Waals surface area (Å²) in [4.78, 5) is 23.8. The van der Waals surface area contributed by atoms with Crippen LogP contribution in [0, 0.1) is 23.1 Å². The molecule has 0 amide bonds. The van der Waals surface area contributed by atoms with Gasteiger partial charge in [-0.3, -0.25) is 4.90 Å². The van der Waals surface area contributed by atoms with Crippen LogP contribution in [0.5, 0.6) is 5.88 Å². The van der Waals surface area contributed by atoms with E-state index in [0.717, 1.165) is 55.0 Å². The number of fused-ring (bicyclic) bond motifs is 3. The molecule has 4 atom stereocenters. The molecule has 1 saturated carbocycles. The van der Waals surface area contributed by atoms with Crippen molar-refractivity contribution in [2.45, 2.75) is 57.0 Å². The molecular formula is C32H30FN5O4. The molecule has 10 heteroatoms. The average Bonchev–Trinajstić information content (AvgIpc) is 3.66. The van der Waals surface area contributed by atoms with E-state index < -0.39 is 11.8 Å². The normalized spacial score (nSPS) is 23.1. The summed E-state index contributed by atoms with van der Waals surface area (Å²) in [5, 5.41) is 18.5. The molecule has 3 aliphatic rings. The SMILES string of the molecule is N#Cc1ccc(COc2cccc(C3CC4CC3CN4Cc3nc4ccc(C(=O)O)cc4n3C[C@@H]3CCO3)n2)c(F)c1. The number of piperidine rings is 1. The number of carbonyl (C=O) groups is 1. The third kappa shape index (κ3) is 4.99. The van der Waals surface area contributed by atoms with Crippen LogP contribution in [-0.4, -0.2) is 55.8 Å². The quantitative estimate of drug-likeness (QED) is 0.304. The van der Waals surface area contributed by atoms with E-state index >= 15 is 0 Å². The number of rotatable bonds is 9. The second-order valence-electron chi connectivity index (χ2n) is 11.5. The standard InChI is InChI=1S/C32H30FN5O4/c33-26-10-19(14-34)4-5-21(26)18-42-31-3-1-2-27(36-31)25-13-23-11-22(25)15-37(23)17-30-35-28-7-6-20(32(39)40)12-29(28)38(30)16-24-8-9-41-24/h1-7,10,12,22-25H,8-9,11,13,15-18H2,(H,39,40)/t22?,23?,24-,25?/m0/s1. The zero-order chi connectivity index (χ0) is 28.8. The third-order valence-corrected chi connectivity index (χ3v) is 8.94. The third-order valence-electron chi connectivity index (χ3n) is 8.94. The first-order valence-electron chi connectivity index (χ1n) is 14.3. The van der Waals surface area contributed by atoms with E-state index in [1.54, 1.807) is 36.4 Å². The highest BCUT2D eigenvalue weighted by atomic mass is 19.1. The maximum Gasteiger partial charge on any atom is 0.335 e. The number of benzene rings is 2. The van der Waals surface area contributed by atoms with Gasteiger partial charge in [-0.15, -0.1) is 0 Å². The molecule has 7 rings (SSSR count). The molecule has 2 bridgehead atoms. The lowest BCUT2D eigenvalue weighted by atomic mass is 9.91. The highest BCUT2D eigenvalue weighted by molar-refractivity contribution is 5.92. The van der Waals surface area contributed by atoms with Crippen LogP contribution in [0.2, 0.25) is 0 Å². The van der Waals surface area contributed by atoms with Gasteiger partial charge in [-0.1, -0.05) is 12.1 Å². The van der Waals surface area contributed by atoms with Crippen molar-refractivity contribution in [3.8, 4) is 11.9 Å². The van der Waals surface area contributed by atoms with Crippen molar-refractivity contribution in [1.29, 1.82) is 5.26 Å². The number of aromatic carboxylic acids is 1. The maximum atomic E-state index is 14.3. The summed E-state index contributed by atoms with van der Waals surface area (Å²) in [5.41, 5.74) is 3.55. The number of halogens is 1. The Balaban J connectivity index is 1.04. The Hall–Kier alpha value is -4.33. The molecule has 2 aromatic heterocycles. The monoisotopic (exact) mass is 567 g/mol. The second kappa shape index (κ2) is 10.8. The Labute approximate surface area is 242 Å². The summed E-state index contributed by atoms with van der Waals surface area (Å²) in [6.45, 7) is 3.10. The number of aromatic nitrogens is 3. The van der Waals surface area contributed by atoms with Crippen molar-refractivity contribution in [1.82, 2.24) is 19.4 Å². The maximum absolute atomic E-state index is 14.3. The topological polar surface area (TPSA) is 114 Å². The van der Waals surface area contributed by atoms with Gasteiger partial charge in [0.05, 0.1) is 47.4 Å². The van der Waals surface area contributed by atoms with Crippen molar-refractivity contribution < 1.29 is 23.8 Å². The molecule has 4 aromatic rings. The molecule has 3 fully saturated rings. The molecule has 4 heterocycles. The molecular weight excluding hydrogens is 537 g/mol. The van der Waals surface area contributed by atoms with Gasteiger partial charge in [-0.2, -0.15) is 5.26 Å². The van der Waals surface area contributed by atoms with Gasteiger partial charge >= 0.3 is 5.97 Å². The van der Waals surface area contributed by atoms with Gasteiger partial charge in [0.1, 0.15) is 18.2 Å². The van der Waals surface area contributed by atoms with E-state index in [2.05, 4.69) is 9.47 Å². The summed E-state index contributed by atoms with van der Waals surface area (Å²) < 4.78 is 28.0. The number of hydrogen-bond acceptors (Lipinski definition) is 7. The number of imidazole rings is 1. The number of nitriles is 1. The predicted molar refractivity (Wildman–Crippen MR) is 150 cm³/mol. The Kier molecular flexibility index (Phi) is 6.84. The first-order valence-corrected chi connectivity index (χ1v) is 14.3. The van der Waals surface area contributed by atoms with E-state index in [9.17, 15) is 14.3 Å². The lowest BCUT2D eigenvalue weighted by molar-refractivity contribution is -0.0592. The molecule has 0 radical (unpaired) electrons. The van der Waals surface area contributed by atoms with E-state index in [-0.39, 0.29) is 23.8 Å². The van der Waals surface area contributed by atoms with Crippen LogP contribution in [-0.2, 0) is 24.4 Å². The minimum Gasteiger partial charge on any atom is -0.478 e. The fourth-order valence-corrected chi connectivity index (χ4v) is 6.65. The number of likely N-dealkylation sites (tertiary alicyclic amines) is 1. The first kappa shape index (κ1) is 26.6. The van der Waals surface area contributed by atoms with Gasteiger partial charge in [-0.05, 0) is 61.6 Å². The molecule has 2 saturated heterocycles. The zero-order valence-corrected chi connectivity index (χ0v) is 22.9. The van der Waals surface area contributed by atoms with Crippen LogP contribution < -0.4 is 4.74 Å². The largest absolute Gasteiger partial charge is 0.478 e. The number of carboxylic acid groups (broad SMARTS) is 1. The minimum atomic E-state index is -0.946. The van der Waals surface area contributed by atoms with Gasteiger partial charge in [0.25, 0.3) is 0 Å². The summed E-state index contributed by atoms with van der Waals surface area (Å²) in [5.74, 6) is 0.772. The fraction of sp³-hybridized carbons (Fsp3) is 0.375. The lowest BCUT2D eigenvalue weighted by Gasteiger charge is -2.32. The van der Waals surface area contributed by atoms with Crippen LogP contribution in [0.15, 0.2) is 54.6 Å². The Bertz CT molecular complexity index is 1710. The molecule has 1 aliphatic carbocycles. The van der Waals surface area contributed by atoms with Crippen molar-refractivity contribution in [2.24, 2.45) is 5.92 Å². The molecule has 214 valence electrons. The molecule has 2 aliphatic heterocycles. The second-order valence-corrected chi connectivity index (χ2v) is 11.5. The highest BCUT2D eigenvalue weighted by Gasteiger charge is 2.46. The molecule has 3 unspecified atom stereocenters. The molecule has 0 spiro atoms. The van der Waals surface area contributed by atoms with Crippen molar-refractivity contribution in [3.63, 3.8) is 0 Å². The van der Waals surface area contributed by atoms with Crippen molar-refractivity contribution >= 4 is 17.0 Å². The Morgan fingerprint density at radius 1 is 1.17 bits per heavy atom. The van der Waals surface area contributed by atoms with Crippen LogP contribution >= 0.6 is 0 Å². The number of ether oxygens (including phenoxy) is 2. The smallest absolute Gasteiger partial charge is 0.335 e. The molecule has 42 heavy (non-hydrogen) atoms. The highest BCUT2D eigenvalue weighted by Crippen LogP contribution is 2.47. The van der Waals surface area contributed by atoms with Gasteiger partial charge in [-0.25, -0.2) is 19.2 Å². The molecule has 2 aromatic carbocycles. The van der Waals surface area contributed by atoms with Crippen LogP contribution in [0.1, 0.15) is 58.2 Å². The number of hydrogen-bond donors (Lipinski definition) is 1. The van der Waals surface area contributed by atoms with Crippen LogP contribution in [0.4, 0.5) is 4.39 Å². The lowest BCUT2D eigenvalue weighted by Crippen LogP contribution is -2.36. The van der Waals surface area contributed by atoms with E-state index in [0.29, 0.717) is 42.4 Å². The first-order chi connectivity index (χ1) is 20.4. The fourth-order valence-electron chi connectivity index (χ4n) is 6.65. The van der Waals surface area contributed by atoms with Crippen molar-refractivity contribution in [2.75, 3.05) is 13.2 Å². The Morgan fingerprint density at radius 3 is 2.76 bits per heavy atom. The minimum absolute atomic E-state index is 0.0410. The number of carboxylic acids is 1. The number of nitrogens with zero attached hydrogens (tertiary/aromatic N) is 5. The van der Waals surface area contributed by atoms with Gasteiger partial charge in [0.15, 0.2) is 0 Å². The van der Waals surface area contributed by atoms with Crippen LogP contribution in [0.25, 0.3) is 11.0 Å². The van der Waals surface area contributed by atoms with E-state index in [1.165, 1.54) is 6.07 Å². The summed E-state index contributed by atoms with van der Waals surface area (Å²) in [6.07, 6.45) is 3.19. The Morgan fingerprint density at radius 2 is 2.05 bits per heavy atom. The van der Waals surface area contributed by atoms with Crippen molar-refractivity contribution in [3.05, 3.63) is 88.6 Å². The average molecular weight is 568 g/mol. The number of pyridine rings is 1.